The van der Waals surface area contributed by atoms with Crippen molar-refractivity contribution in [3.63, 3.8) is 0 Å². The molecule has 0 aromatic heterocycles. The van der Waals surface area contributed by atoms with Gasteiger partial charge in [0.1, 0.15) is 5.41 Å². The minimum atomic E-state index is -1.07. The Morgan fingerprint density at radius 1 is 1.23 bits per heavy atom. The van der Waals surface area contributed by atoms with Crippen LogP contribution in [0.2, 0.25) is 0 Å². The number of methoxy groups -OCH3 is 1. The molecule has 1 fully saturated rings. The fourth-order valence-electron chi connectivity index (χ4n) is 2.23. The predicted molar refractivity (Wildman–Crippen MR) is 81.5 cm³/mol. The number of hydrogen-bond donors (Lipinski definition) is 1. The van der Waals surface area contributed by atoms with Crippen molar-refractivity contribution in [3.8, 4) is 0 Å². The summed E-state index contributed by atoms with van der Waals surface area (Å²) >= 11 is 0. The van der Waals surface area contributed by atoms with Gasteiger partial charge in [-0.25, -0.2) is 0 Å². The molecule has 2 amide bonds. The highest BCUT2D eigenvalue weighted by atomic mass is 16.5. The molecule has 1 saturated carbocycles. The second kappa shape index (κ2) is 5.79. The van der Waals surface area contributed by atoms with Crippen molar-refractivity contribution in [2.75, 3.05) is 26.5 Å². The number of carbonyl (C=O) groups excluding carboxylic acids is 3. The SMILES string of the molecule is COC(=O)C1(C(=O)Nc2cc(C(=O)N(C)C)ccc2C)CC1. The summed E-state index contributed by atoms with van der Waals surface area (Å²) in [6.45, 7) is 1.83. The van der Waals surface area contributed by atoms with Crippen molar-refractivity contribution in [3.05, 3.63) is 29.3 Å². The Hall–Kier alpha value is -2.37. The minimum Gasteiger partial charge on any atom is -0.468 e. The monoisotopic (exact) mass is 304 g/mol. The zero-order chi connectivity index (χ0) is 16.5. The van der Waals surface area contributed by atoms with Gasteiger partial charge in [-0.3, -0.25) is 14.4 Å². The van der Waals surface area contributed by atoms with E-state index in [0.29, 0.717) is 24.1 Å². The summed E-state index contributed by atoms with van der Waals surface area (Å²) in [6, 6.07) is 5.10. The first-order chi connectivity index (χ1) is 10.3. The summed E-state index contributed by atoms with van der Waals surface area (Å²) in [5.41, 5.74) is 0.772. The summed E-state index contributed by atoms with van der Waals surface area (Å²) in [5.74, 6) is -1.04. The van der Waals surface area contributed by atoms with Crippen LogP contribution < -0.4 is 5.32 Å². The largest absolute Gasteiger partial charge is 0.468 e. The van der Waals surface area contributed by atoms with Crippen LogP contribution in [0.15, 0.2) is 18.2 Å². The molecule has 0 spiro atoms. The van der Waals surface area contributed by atoms with E-state index in [0.717, 1.165) is 5.56 Å². The second-order valence-corrected chi connectivity index (χ2v) is 5.76. The lowest BCUT2D eigenvalue weighted by atomic mass is 10.0. The van der Waals surface area contributed by atoms with Gasteiger partial charge >= 0.3 is 5.97 Å². The van der Waals surface area contributed by atoms with Crippen molar-refractivity contribution in [2.45, 2.75) is 19.8 Å². The molecule has 0 saturated heterocycles. The molecule has 0 bridgehead atoms. The van der Waals surface area contributed by atoms with Crippen LogP contribution >= 0.6 is 0 Å². The van der Waals surface area contributed by atoms with Crippen LogP contribution in [0.3, 0.4) is 0 Å². The lowest BCUT2D eigenvalue weighted by Gasteiger charge is -2.16. The van der Waals surface area contributed by atoms with Crippen molar-refractivity contribution in [2.24, 2.45) is 5.41 Å². The molecule has 6 heteroatoms. The molecular formula is C16H20N2O4. The maximum absolute atomic E-state index is 12.4. The predicted octanol–water partition coefficient (Wildman–Crippen LogP) is 1.59. The van der Waals surface area contributed by atoms with Crippen molar-refractivity contribution >= 4 is 23.5 Å². The number of hydrogen-bond acceptors (Lipinski definition) is 4. The fraction of sp³-hybridized carbons (Fsp3) is 0.438. The third-order valence-electron chi connectivity index (χ3n) is 3.90. The van der Waals surface area contributed by atoms with Gasteiger partial charge in [-0.2, -0.15) is 0 Å². The number of benzene rings is 1. The highest BCUT2D eigenvalue weighted by Crippen LogP contribution is 2.47. The van der Waals surface area contributed by atoms with Gasteiger partial charge in [0.2, 0.25) is 5.91 Å². The second-order valence-electron chi connectivity index (χ2n) is 5.76. The van der Waals surface area contributed by atoms with Gasteiger partial charge in [-0.15, -0.1) is 0 Å². The van der Waals surface area contributed by atoms with Crippen LogP contribution in [-0.2, 0) is 14.3 Å². The van der Waals surface area contributed by atoms with Crippen LogP contribution in [0.4, 0.5) is 5.69 Å². The lowest BCUT2D eigenvalue weighted by molar-refractivity contribution is -0.150. The molecule has 2 rings (SSSR count). The summed E-state index contributed by atoms with van der Waals surface area (Å²) in [7, 11) is 4.60. The topological polar surface area (TPSA) is 75.7 Å². The Bertz CT molecular complexity index is 633. The van der Waals surface area contributed by atoms with Crippen LogP contribution in [0.1, 0.15) is 28.8 Å². The highest BCUT2D eigenvalue weighted by molar-refractivity contribution is 6.11. The fourth-order valence-corrected chi connectivity index (χ4v) is 2.23. The molecular weight excluding hydrogens is 284 g/mol. The number of ether oxygens (including phenoxy) is 1. The molecule has 1 aromatic rings. The first kappa shape index (κ1) is 16.0. The van der Waals surface area contributed by atoms with E-state index in [1.54, 1.807) is 32.3 Å². The smallest absolute Gasteiger partial charge is 0.321 e. The molecule has 0 atom stereocenters. The van der Waals surface area contributed by atoms with Crippen molar-refractivity contribution < 1.29 is 19.1 Å². The molecule has 118 valence electrons. The number of anilines is 1. The number of nitrogens with one attached hydrogen (secondary N) is 1. The molecule has 22 heavy (non-hydrogen) atoms. The van der Waals surface area contributed by atoms with E-state index in [4.69, 9.17) is 4.74 Å². The Morgan fingerprint density at radius 3 is 2.36 bits per heavy atom. The van der Waals surface area contributed by atoms with Gasteiger partial charge in [-0.1, -0.05) is 6.07 Å². The quantitative estimate of drug-likeness (QED) is 0.677. The van der Waals surface area contributed by atoms with Crippen LogP contribution in [0, 0.1) is 12.3 Å². The molecule has 1 aliphatic rings. The maximum atomic E-state index is 12.4. The van der Waals surface area contributed by atoms with E-state index in [2.05, 4.69) is 5.32 Å². The van der Waals surface area contributed by atoms with Crippen molar-refractivity contribution in [1.29, 1.82) is 0 Å². The van der Waals surface area contributed by atoms with E-state index in [9.17, 15) is 14.4 Å². The zero-order valence-corrected chi connectivity index (χ0v) is 13.2. The van der Waals surface area contributed by atoms with Gasteiger partial charge in [0.25, 0.3) is 5.91 Å². The van der Waals surface area contributed by atoms with Gasteiger partial charge in [0.15, 0.2) is 0 Å². The summed E-state index contributed by atoms with van der Waals surface area (Å²) in [4.78, 5) is 37.6. The Balaban J connectivity index is 2.23. The molecule has 0 unspecified atom stereocenters. The Morgan fingerprint density at radius 2 is 1.86 bits per heavy atom. The first-order valence-corrected chi connectivity index (χ1v) is 7.04. The van der Waals surface area contributed by atoms with E-state index in [-0.39, 0.29) is 11.8 Å². The number of aryl methyl sites for hydroxylation is 1. The van der Waals surface area contributed by atoms with Crippen LogP contribution in [0.5, 0.6) is 0 Å². The normalized spacial score (nSPS) is 14.9. The third kappa shape index (κ3) is 2.81. The molecule has 6 nitrogen and oxygen atoms in total. The minimum absolute atomic E-state index is 0.149. The summed E-state index contributed by atoms with van der Waals surface area (Å²) < 4.78 is 4.70. The van der Waals surface area contributed by atoms with Crippen LogP contribution in [0.25, 0.3) is 0 Å². The van der Waals surface area contributed by atoms with E-state index in [1.807, 2.05) is 6.92 Å². The Kier molecular flexibility index (Phi) is 4.21. The molecule has 0 aliphatic heterocycles. The van der Waals surface area contributed by atoms with Gasteiger partial charge in [0.05, 0.1) is 7.11 Å². The molecule has 1 aliphatic carbocycles. The number of carbonyl (C=O) groups is 3. The molecule has 0 radical (unpaired) electrons. The van der Waals surface area contributed by atoms with E-state index in [1.165, 1.54) is 12.0 Å². The lowest BCUT2D eigenvalue weighted by Crippen LogP contribution is -2.32. The van der Waals surface area contributed by atoms with Crippen molar-refractivity contribution in [1.82, 2.24) is 4.90 Å². The average molecular weight is 304 g/mol. The van der Waals surface area contributed by atoms with E-state index < -0.39 is 11.4 Å². The number of amides is 2. The highest BCUT2D eigenvalue weighted by Gasteiger charge is 2.57. The van der Waals surface area contributed by atoms with Crippen LogP contribution in [-0.4, -0.2) is 43.9 Å². The summed E-state index contributed by atoms with van der Waals surface area (Å²) in [5, 5.41) is 2.75. The van der Waals surface area contributed by atoms with E-state index >= 15 is 0 Å². The molecule has 1 N–H and O–H groups in total. The third-order valence-corrected chi connectivity index (χ3v) is 3.90. The maximum Gasteiger partial charge on any atom is 0.321 e. The average Bonchev–Trinajstić information content (AvgIpc) is 3.29. The van der Waals surface area contributed by atoms with Gasteiger partial charge < -0.3 is 15.0 Å². The molecule has 1 aromatic carbocycles. The number of esters is 1. The Labute approximate surface area is 129 Å². The zero-order valence-electron chi connectivity index (χ0n) is 13.2. The first-order valence-electron chi connectivity index (χ1n) is 7.04. The number of rotatable bonds is 4. The van der Waals surface area contributed by atoms with Gasteiger partial charge in [-0.05, 0) is 37.5 Å². The summed E-state index contributed by atoms with van der Waals surface area (Å²) in [6.07, 6.45) is 0.974. The number of nitrogens with zero attached hydrogens (tertiary/aromatic N) is 1. The van der Waals surface area contributed by atoms with Gasteiger partial charge in [0, 0.05) is 25.3 Å². The molecule has 0 heterocycles. The standard InChI is InChI=1S/C16H20N2O4/c1-10-5-6-11(13(19)18(2)3)9-12(10)17-14(20)16(7-8-16)15(21)22-4/h5-6,9H,7-8H2,1-4H3,(H,17,20).